The first kappa shape index (κ1) is 27.9. The van der Waals surface area contributed by atoms with Gasteiger partial charge >= 0.3 is 0 Å². The van der Waals surface area contributed by atoms with E-state index in [1.807, 2.05) is 0 Å². The van der Waals surface area contributed by atoms with E-state index < -0.39 is 0 Å². The molecular weight excluding hydrogens is 633 g/mol. The summed E-state index contributed by atoms with van der Waals surface area (Å²) in [5.41, 5.74) is 13.4. The fourth-order valence-corrected chi connectivity index (χ4v) is 9.28. The van der Waals surface area contributed by atoms with Gasteiger partial charge in [-0.25, -0.2) is 0 Å². The summed E-state index contributed by atoms with van der Waals surface area (Å²) in [5.74, 6) is 0. The summed E-state index contributed by atoms with van der Waals surface area (Å²) in [6.07, 6.45) is 8.98. The lowest BCUT2D eigenvalue weighted by Gasteiger charge is -2.24. The molecule has 1 aliphatic heterocycles. The number of rotatable bonds is 3. The van der Waals surface area contributed by atoms with Gasteiger partial charge in [-0.1, -0.05) is 103 Å². The Morgan fingerprint density at radius 3 is 1.92 bits per heavy atom. The largest absolute Gasteiger partial charge is 0.318 e. The van der Waals surface area contributed by atoms with Crippen molar-refractivity contribution in [2.45, 2.75) is 6.04 Å². The summed E-state index contributed by atoms with van der Waals surface area (Å²) in [7, 11) is 0. The molecule has 1 atom stereocenters. The molecule has 0 saturated carbocycles. The third-order valence-corrected chi connectivity index (χ3v) is 11.3. The van der Waals surface area contributed by atoms with Crippen LogP contribution in [0.4, 0.5) is 11.4 Å². The molecule has 2 aliphatic rings. The maximum Gasteiger partial charge on any atom is 0.235 e. The van der Waals surface area contributed by atoms with Crippen LogP contribution < -0.4 is 4.58 Å². The number of aromatic nitrogens is 3. The predicted octanol–water partition coefficient (Wildman–Crippen LogP) is 11.9. The van der Waals surface area contributed by atoms with E-state index in [9.17, 15) is 0 Å². The van der Waals surface area contributed by atoms with Gasteiger partial charge in [0.25, 0.3) is 0 Å². The molecule has 4 heterocycles. The predicted molar refractivity (Wildman–Crippen MR) is 218 cm³/mol. The lowest BCUT2D eigenvalue weighted by atomic mass is 10.0. The standard InChI is InChI=1S/C48H31N4/c1-3-14-31(15-4-1)49-38-21-9-7-18-34(38)37-30-33(26-27-40(37)49)51-39-22-10-8-19-35(39)46-43(51)28-29-44-47(46)36-20-13-25-45-48(36)52(44)42-24-12-11-23-41(42)50(45)32-16-5-2-6-17-32/h1-30,42H/q+1. The van der Waals surface area contributed by atoms with Crippen molar-refractivity contribution in [3.63, 3.8) is 0 Å². The van der Waals surface area contributed by atoms with Gasteiger partial charge in [0, 0.05) is 68.0 Å². The zero-order chi connectivity index (χ0) is 33.9. The van der Waals surface area contributed by atoms with E-state index >= 15 is 0 Å². The second kappa shape index (κ2) is 10.3. The topological polar surface area (TPSA) is 17.8 Å². The monoisotopic (exact) mass is 663 g/mol. The second-order valence-electron chi connectivity index (χ2n) is 13.9. The van der Waals surface area contributed by atoms with Gasteiger partial charge in [-0.2, -0.15) is 4.58 Å². The Balaban J connectivity index is 1.17. The molecule has 4 nitrogen and oxygen atoms in total. The van der Waals surface area contributed by atoms with E-state index in [2.05, 4.69) is 200 Å². The summed E-state index contributed by atoms with van der Waals surface area (Å²) in [4.78, 5) is 0. The number of nitrogens with zero attached hydrogens (tertiary/aromatic N) is 4. The summed E-state index contributed by atoms with van der Waals surface area (Å²) in [5, 5.41) is 7.66. The maximum atomic E-state index is 2.57. The number of para-hydroxylation sites is 5. The van der Waals surface area contributed by atoms with E-state index in [0.717, 1.165) is 5.69 Å². The number of hydrogen-bond donors (Lipinski definition) is 0. The third kappa shape index (κ3) is 3.58. The zero-order valence-corrected chi connectivity index (χ0v) is 28.2. The lowest BCUT2D eigenvalue weighted by Crippen LogP contribution is -2.30. The Labute approximate surface area is 299 Å². The van der Waals surface area contributed by atoms with Crippen LogP contribution in [0.5, 0.6) is 0 Å². The number of fused-ring (bicyclic) bond motifs is 12. The first-order valence-corrected chi connectivity index (χ1v) is 18.0. The average molecular weight is 664 g/mol. The molecule has 0 spiro atoms. The van der Waals surface area contributed by atoms with Crippen molar-refractivity contribution in [2.24, 2.45) is 0 Å². The molecule has 0 bridgehead atoms. The summed E-state index contributed by atoms with van der Waals surface area (Å²) in [6.45, 7) is 0. The van der Waals surface area contributed by atoms with Gasteiger partial charge in [0.2, 0.25) is 17.1 Å². The molecule has 0 N–H and O–H groups in total. The molecule has 242 valence electrons. The Bertz CT molecular complexity index is 3220. The van der Waals surface area contributed by atoms with E-state index in [-0.39, 0.29) is 6.04 Å². The van der Waals surface area contributed by atoms with Crippen molar-refractivity contribution < 1.29 is 0 Å². The number of benzene rings is 7. The molecule has 1 aliphatic carbocycles. The average Bonchev–Trinajstić information content (AvgIpc) is 3.85. The quantitative estimate of drug-likeness (QED) is 0.168. The Morgan fingerprint density at radius 2 is 1.08 bits per heavy atom. The molecule has 52 heavy (non-hydrogen) atoms. The van der Waals surface area contributed by atoms with Crippen molar-refractivity contribution in [1.82, 2.24) is 18.3 Å². The molecule has 0 fully saturated rings. The lowest BCUT2D eigenvalue weighted by molar-refractivity contribution is 0.781. The maximum absolute atomic E-state index is 2.57. The molecular formula is C48H31N4+. The Morgan fingerprint density at radius 1 is 0.442 bits per heavy atom. The van der Waals surface area contributed by atoms with Gasteiger partial charge in [-0.15, -0.1) is 0 Å². The molecule has 4 heteroatoms. The second-order valence-corrected chi connectivity index (χ2v) is 13.9. The highest BCUT2D eigenvalue weighted by Gasteiger charge is 2.37. The van der Waals surface area contributed by atoms with Gasteiger partial charge in [0.1, 0.15) is 11.6 Å². The van der Waals surface area contributed by atoms with Crippen molar-refractivity contribution in [3.05, 3.63) is 182 Å². The highest BCUT2D eigenvalue weighted by molar-refractivity contribution is 6.30. The number of allylic oxidation sites excluding steroid dienone is 4. The smallest absolute Gasteiger partial charge is 0.235 e. The molecule has 0 saturated heterocycles. The normalized spacial score (nSPS) is 15.3. The number of hydrogen-bond acceptors (Lipinski definition) is 0. The van der Waals surface area contributed by atoms with Crippen LogP contribution in [0.1, 0.15) is 6.04 Å². The van der Waals surface area contributed by atoms with Crippen LogP contribution in [0.3, 0.4) is 0 Å². The van der Waals surface area contributed by atoms with Crippen LogP contribution in [0.25, 0.3) is 76.8 Å². The van der Waals surface area contributed by atoms with Crippen LogP contribution in [0.15, 0.2) is 182 Å². The Kier molecular flexibility index (Phi) is 5.53. The summed E-state index contributed by atoms with van der Waals surface area (Å²) < 4.78 is 9.89. The van der Waals surface area contributed by atoms with E-state index in [1.54, 1.807) is 0 Å². The van der Waals surface area contributed by atoms with E-state index in [4.69, 9.17) is 0 Å². The molecule has 0 amide bonds. The third-order valence-electron chi connectivity index (χ3n) is 11.3. The van der Waals surface area contributed by atoms with Crippen LogP contribution in [0, 0.1) is 0 Å². The van der Waals surface area contributed by atoms with Crippen LogP contribution in [-0.2, 0) is 0 Å². The van der Waals surface area contributed by atoms with Gasteiger partial charge in [0.15, 0.2) is 0 Å². The van der Waals surface area contributed by atoms with Crippen molar-refractivity contribution in [2.75, 3.05) is 0 Å². The fourth-order valence-electron chi connectivity index (χ4n) is 9.28. The molecule has 12 rings (SSSR count). The first-order valence-electron chi connectivity index (χ1n) is 18.0. The minimum atomic E-state index is 0.0789. The van der Waals surface area contributed by atoms with Crippen LogP contribution in [-0.4, -0.2) is 19.4 Å². The molecule has 10 aromatic rings. The molecule has 0 radical (unpaired) electrons. The van der Waals surface area contributed by atoms with Crippen LogP contribution in [0.2, 0.25) is 0 Å². The molecule has 3 aromatic heterocycles. The fraction of sp³-hybridized carbons (Fsp3) is 0.0208. The minimum Gasteiger partial charge on any atom is -0.318 e. The van der Waals surface area contributed by atoms with E-state index in [0.29, 0.717) is 0 Å². The summed E-state index contributed by atoms with van der Waals surface area (Å²) in [6, 6.07) is 57.8. The highest BCUT2D eigenvalue weighted by Crippen LogP contribution is 2.47. The Hall–Kier alpha value is -6.91. The van der Waals surface area contributed by atoms with Gasteiger partial charge < -0.3 is 13.7 Å². The van der Waals surface area contributed by atoms with Gasteiger partial charge in [-0.3, -0.25) is 0 Å². The SMILES string of the molecule is C1=CC2=[N+](c3ccccc3)c3cccc4c5c6c7ccccc7n(-c7ccc8c(c7)c7ccccc7n8-c7ccccc7)c6ccc5n(c34)C2C=C1. The van der Waals surface area contributed by atoms with E-state index in [1.165, 1.54) is 88.2 Å². The molecule has 1 unspecified atom stereocenters. The minimum absolute atomic E-state index is 0.0789. The van der Waals surface area contributed by atoms with Gasteiger partial charge in [0.05, 0.1) is 27.6 Å². The van der Waals surface area contributed by atoms with Crippen molar-refractivity contribution >= 4 is 82.5 Å². The highest BCUT2D eigenvalue weighted by atomic mass is 15.2. The zero-order valence-electron chi connectivity index (χ0n) is 28.2. The van der Waals surface area contributed by atoms with Gasteiger partial charge in [-0.05, 0) is 54.6 Å². The summed E-state index contributed by atoms with van der Waals surface area (Å²) >= 11 is 0. The first-order chi connectivity index (χ1) is 25.8. The molecule has 7 aromatic carbocycles. The van der Waals surface area contributed by atoms with Crippen molar-refractivity contribution in [1.29, 1.82) is 0 Å². The van der Waals surface area contributed by atoms with Crippen LogP contribution >= 0.6 is 0 Å². The van der Waals surface area contributed by atoms with Crippen molar-refractivity contribution in [3.8, 4) is 11.4 Å².